The predicted octanol–water partition coefficient (Wildman–Crippen LogP) is 8.22. The quantitative estimate of drug-likeness (QED) is 0.101. The van der Waals surface area contributed by atoms with Gasteiger partial charge in [-0.2, -0.15) is 0 Å². The number of methoxy groups -OCH3 is 2. The molecule has 5 rings (SSSR count). The van der Waals surface area contributed by atoms with Crippen LogP contribution in [0.5, 0.6) is 0 Å². The summed E-state index contributed by atoms with van der Waals surface area (Å²) in [6.45, 7) is 8.90. The van der Waals surface area contributed by atoms with Gasteiger partial charge in [0, 0.05) is 32.5 Å². The van der Waals surface area contributed by atoms with Crippen LogP contribution < -0.4 is 11.1 Å². The number of hydrogen-bond acceptors (Lipinski definition) is 8. The smallest absolute Gasteiger partial charge is 0.338 e. The molecule has 4 aromatic carbocycles. The standard InChI is InChI=1S/C42H50N2O6/c1-7-9-27-44-32-25-23-31(24-26-32)39(45)49-37-38(50-40(46)30-21-19-29(20-22-30)36(43)14-8-2)42(48-6,33-16-11-10-15-28(33)3)35-18-13-12-17-34(35)41(37,4)47-5/h10-13,15-26,36-38,44H,7-9,14,27,43H2,1-6H3/t36?,37-,38+,41+,42+/m0/s1. The number of fused-ring (bicyclic) bond motifs is 1. The lowest BCUT2D eigenvalue weighted by Gasteiger charge is -2.53. The number of ether oxygens (including phenoxy) is 4. The monoisotopic (exact) mass is 678 g/mol. The second-order valence-corrected chi connectivity index (χ2v) is 13.1. The van der Waals surface area contributed by atoms with Gasteiger partial charge in [-0.1, -0.05) is 87.4 Å². The highest BCUT2D eigenvalue weighted by atomic mass is 16.6. The van der Waals surface area contributed by atoms with Crippen molar-refractivity contribution < 1.29 is 28.5 Å². The Morgan fingerprint density at radius 3 is 1.86 bits per heavy atom. The van der Waals surface area contributed by atoms with Gasteiger partial charge in [-0.15, -0.1) is 0 Å². The summed E-state index contributed by atoms with van der Waals surface area (Å²) >= 11 is 0. The lowest BCUT2D eigenvalue weighted by Crippen LogP contribution is -2.64. The molecule has 264 valence electrons. The van der Waals surface area contributed by atoms with Gasteiger partial charge >= 0.3 is 11.9 Å². The van der Waals surface area contributed by atoms with Crippen molar-refractivity contribution in [3.63, 3.8) is 0 Å². The number of hydrogen-bond donors (Lipinski definition) is 2. The van der Waals surface area contributed by atoms with Crippen LogP contribution in [0.15, 0.2) is 97.1 Å². The SMILES string of the molecule is CCCCNc1ccc(C(=O)O[C@H]2[C@@H](OC(=O)c3ccc(C(N)CCC)cc3)[C@@](OC)(c3ccccc3C)c3ccccc3[C@@]2(C)OC)cc1. The molecule has 0 bridgehead atoms. The largest absolute Gasteiger partial charge is 0.451 e. The highest BCUT2D eigenvalue weighted by Crippen LogP contribution is 2.53. The van der Waals surface area contributed by atoms with E-state index in [1.807, 2.05) is 86.6 Å². The van der Waals surface area contributed by atoms with Crippen molar-refractivity contribution in [1.29, 1.82) is 0 Å². The van der Waals surface area contributed by atoms with Crippen LogP contribution in [0.3, 0.4) is 0 Å². The molecule has 1 aliphatic carbocycles. The number of carbonyl (C=O) groups excluding carboxylic acids is 2. The van der Waals surface area contributed by atoms with Crippen molar-refractivity contribution in [3.8, 4) is 0 Å². The molecular formula is C42H50N2O6. The summed E-state index contributed by atoms with van der Waals surface area (Å²) in [5.41, 5.74) is 9.46. The van der Waals surface area contributed by atoms with Crippen molar-refractivity contribution >= 4 is 17.6 Å². The van der Waals surface area contributed by atoms with Crippen molar-refractivity contribution in [2.45, 2.75) is 82.8 Å². The van der Waals surface area contributed by atoms with E-state index in [2.05, 4.69) is 19.2 Å². The molecule has 8 heteroatoms. The minimum Gasteiger partial charge on any atom is -0.451 e. The first-order valence-electron chi connectivity index (χ1n) is 17.5. The molecule has 8 nitrogen and oxygen atoms in total. The van der Waals surface area contributed by atoms with E-state index < -0.39 is 35.3 Å². The highest BCUT2D eigenvalue weighted by Gasteiger charge is 2.63. The summed E-state index contributed by atoms with van der Waals surface area (Å²) < 4.78 is 25.9. The Hall–Kier alpha value is -4.50. The third-order valence-electron chi connectivity index (χ3n) is 9.99. The molecule has 0 aromatic heterocycles. The minimum atomic E-state index is -1.38. The molecule has 1 aliphatic rings. The van der Waals surface area contributed by atoms with Crippen LogP contribution in [0.4, 0.5) is 5.69 Å². The van der Waals surface area contributed by atoms with Gasteiger partial charge in [0.1, 0.15) is 5.60 Å². The normalized spacial score (nSPS) is 21.9. The number of nitrogens with two attached hydrogens (primary N) is 1. The number of aryl methyl sites for hydroxylation is 1. The number of carbonyl (C=O) groups is 2. The summed E-state index contributed by atoms with van der Waals surface area (Å²) in [4.78, 5) is 28.3. The second kappa shape index (κ2) is 16.0. The maximum absolute atomic E-state index is 14.2. The van der Waals surface area contributed by atoms with Gasteiger partial charge in [-0.3, -0.25) is 0 Å². The van der Waals surface area contributed by atoms with Crippen LogP contribution in [0.2, 0.25) is 0 Å². The van der Waals surface area contributed by atoms with Gasteiger partial charge in [-0.25, -0.2) is 9.59 Å². The Kier molecular flexibility index (Phi) is 11.8. The zero-order valence-electron chi connectivity index (χ0n) is 30.0. The Labute approximate surface area is 296 Å². The number of esters is 2. The van der Waals surface area contributed by atoms with Gasteiger partial charge in [-0.05, 0) is 90.9 Å². The summed E-state index contributed by atoms with van der Waals surface area (Å²) in [6, 6.07) is 29.7. The number of anilines is 1. The van der Waals surface area contributed by atoms with E-state index >= 15 is 0 Å². The third-order valence-corrected chi connectivity index (χ3v) is 9.99. The lowest BCUT2D eigenvalue weighted by molar-refractivity contribution is -0.208. The van der Waals surface area contributed by atoms with Gasteiger partial charge in [0.2, 0.25) is 0 Å². The topological polar surface area (TPSA) is 109 Å². The summed E-state index contributed by atoms with van der Waals surface area (Å²) in [6.07, 6.45) is 1.58. The van der Waals surface area contributed by atoms with Crippen molar-refractivity contribution in [2.75, 3.05) is 26.1 Å². The molecule has 0 fully saturated rings. The molecule has 5 atom stereocenters. The maximum Gasteiger partial charge on any atom is 0.338 e. The van der Waals surface area contributed by atoms with E-state index in [-0.39, 0.29) is 6.04 Å². The van der Waals surface area contributed by atoms with Crippen molar-refractivity contribution in [2.24, 2.45) is 5.73 Å². The molecule has 0 amide bonds. The van der Waals surface area contributed by atoms with Gasteiger partial charge < -0.3 is 30.0 Å². The Balaban J connectivity index is 1.63. The minimum absolute atomic E-state index is 0.130. The average molecular weight is 679 g/mol. The molecule has 0 radical (unpaired) electrons. The zero-order chi connectivity index (χ0) is 35.9. The number of benzene rings is 4. The fourth-order valence-corrected chi connectivity index (χ4v) is 7.06. The fourth-order valence-electron chi connectivity index (χ4n) is 7.06. The van der Waals surface area contributed by atoms with Crippen molar-refractivity contribution in [3.05, 3.63) is 136 Å². The van der Waals surface area contributed by atoms with Gasteiger partial charge in [0.15, 0.2) is 17.8 Å². The van der Waals surface area contributed by atoms with E-state index in [1.165, 1.54) is 0 Å². The van der Waals surface area contributed by atoms with Crippen LogP contribution in [0, 0.1) is 6.92 Å². The Morgan fingerprint density at radius 1 is 0.740 bits per heavy atom. The molecule has 0 heterocycles. The van der Waals surface area contributed by atoms with Crippen LogP contribution in [-0.4, -0.2) is 44.9 Å². The predicted molar refractivity (Wildman–Crippen MR) is 196 cm³/mol. The molecule has 0 saturated carbocycles. The summed E-state index contributed by atoms with van der Waals surface area (Å²) in [7, 11) is 3.16. The number of unbranched alkanes of at least 4 members (excludes halogenated alkanes) is 1. The third kappa shape index (κ3) is 7.06. The highest BCUT2D eigenvalue weighted by molar-refractivity contribution is 5.91. The number of nitrogens with one attached hydrogen (secondary N) is 1. The molecular weight excluding hydrogens is 628 g/mol. The first-order chi connectivity index (χ1) is 24.1. The molecule has 0 aliphatic heterocycles. The molecule has 0 saturated heterocycles. The van der Waals surface area contributed by atoms with Crippen LogP contribution in [0.1, 0.15) is 101 Å². The zero-order valence-corrected chi connectivity index (χ0v) is 30.0. The fraction of sp³-hybridized carbons (Fsp3) is 0.381. The van der Waals surface area contributed by atoms with Gasteiger partial charge in [0.25, 0.3) is 0 Å². The van der Waals surface area contributed by atoms with E-state index in [9.17, 15) is 9.59 Å². The molecule has 4 aromatic rings. The van der Waals surface area contributed by atoms with Crippen LogP contribution in [-0.2, 0) is 30.1 Å². The number of rotatable bonds is 14. The molecule has 3 N–H and O–H groups in total. The summed E-state index contributed by atoms with van der Waals surface area (Å²) in [5, 5.41) is 3.37. The average Bonchev–Trinajstić information content (AvgIpc) is 3.14. The van der Waals surface area contributed by atoms with E-state index in [0.717, 1.165) is 65.7 Å². The van der Waals surface area contributed by atoms with Crippen molar-refractivity contribution in [1.82, 2.24) is 0 Å². The second-order valence-electron chi connectivity index (χ2n) is 13.1. The van der Waals surface area contributed by atoms with E-state index in [1.54, 1.807) is 38.5 Å². The first-order valence-corrected chi connectivity index (χ1v) is 17.5. The van der Waals surface area contributed by atoms with Crippen LogP contribution in [0.25, 0.3) is 0 Å². The molecule has 1 unspecified atom stereocenters. The van der Waals surface area contributed by atoms with E-state index in [0.29, 0.717) is 11.1 Å². The Bertz CT molecular complexity index is 1760. The maximum atomic E-state index is 14.2. The Morgan fingerprint density at radius 2 is 1.30 bits per heavy atom. The molecule has 0 spiro atoms. The van der Waals surface area contributed by atoms with Gasteiger partial charge in [0.05, 0.1) is 11.1 Å². The summed E-state index contributed by atoms with van der Waals surface area (Å²) in [5.74, 6) is -1.18. The van der Waals surface area contributed by atoms with E-state index in [4.69, 9.17) is 24.7 Å². The lowest BCUT2D eigenvalue weighted by atomic mass is 9.65. The first kappa shape index (κ1) is 36.8. The molecule has 50 heavy (non-hydrogen) atoms. The van der Waals surface area contributed by atoms with Crippen LogP contribution >= 0.6 is 0 Å².